The van der Waals surface area contributed by atoms with Crippen LogP contribution < -0.4 is 4.72 Å². The quantitative estimate of drug-likeness (QED) is 0.743. The largest absolute Gasteiger partial charge is 0.360 e. The minimum Gasteiger partial charge on any atom is -0.360 e. The van der Waals surface area contributed by atoms with E-state index in [0.29, 0.717) is 24.4 Å². The number of benzene rings is 1. The normalized spacial score (nSPS) is 12.1. The molecule has 7 nitrogen and oxygen atoms in total. The van der Waals surface area contributed by atoms with E-state index in [2.05, 4.69) is 19.8 Å². The molecule has 3 aromatic rings. The highest BCUT2D eigenvalue weighted by Crippen LogP contribution is 2.18. The number of fused-ring (bicyclic) bond motifs is 1. The maximum Gasteiger partial charge on any atom is 0.245 e. The molecule has 1 aromatic carbocycles. The number of nitrogens with one attached hydrogen (secondary N) is 2. The third-order valence-electron chi connectivity index (χ3n) is 3.61. The van der Waals surface area contributed by atoms with Gasteiger partial charge in [0, 0.05) is 6.54 Å². The Balaban J connectivity index is 1.70. The van der Waals surface area contributed by atoms with Crippen LogP contribution in [0, 0.1) is 20.8 Å². The fourth-order valence-electron chi connectivity index (χ4n) is 2.60. The number of hydrogen-bond acceptors (Lipinski definition) is 5. The van der Waals surface area contributed by atoms with Gasteiger partial charge in [-0.1, -0.05) is 11.2 Å². The van der Waals surface area contributed by atoms with Gasteiger partial charge in [-0.25, -0.2) is 18.1 Å². The number of aromatic amines is 1. The highest BCUT2D eigenvalue weighted by molar-refractivity contribution is 7.89. The number of hydrogen-bond donors (Lipinski definition) is 2. The standard InChI is InChI=1S/C15H18N4O3S/c1-9-15(10(2)22-19-9)23(20,21)16-7-6-12-4-5-13-14(8-12)18-11(3)17-13/h4-5,8,16H,6-7H2,1-3H3,(H,17,18). The number of aromatic nitrogens is 3. The van der Waals surface area contributed by atoms with Gasteiger partial charge >= 0.3 is 0 Å². The first-order valence-corrected chi connectivity index (χ1v) is 8.73. The summed E-state index contributed by atoms with van der Waals surface area (Å²) in [6.45, 7) is 5.39. The molecule has 23 heavy (non-hydrogen) atoms. The summed E-state index contributed by atoms with van der Waals surface area (Å²) < 4.78 is 32.1. The molecule has 0 saturated heterocycles. The van der Waals surface area contributed by atoms with Crippen LogP contribution in [0.15, 0.2) is 27.6 Å². The fraction of sp³-hybridized carbons (Fsp3) is 0.333. The topological polar surface area (TPSA) is 101 Å². The van der Waals surface area contributed by atoms with Crippen LogP contribution in [0.3, 0.4) is 0 Å². The van der Waals surface area contributed by atoms with Gasteiger partial charge in [-0.2, -0.15) is 0 Å². The molecule has 0 bridgehead atoms. The van der Waals surface area contributed by atoms with Crippen molar-refractivity contribution in [2.75, 3.05) is 6.54 Å². The number of sulfonamides is 1. The SMILES string of the molecule is Cc1nc2ccc(CCNS(=O)(=O)c3c(C)noc3C)cc2[nH]1. The summed E-state index contributed by atoms with van der Waals surface area (Å²) in [4.78, 5) is 7.64. The molecule has 122 valence electrons. The van der Waals surface area contributed by atoms with E-state index in [1.54, 1.807) is 13.8 Å². The van der Waals surface area contributed by atoms with Crippen LogP contribution in [0.25, 0.3) is 11.0 Å². The van der Waals surface area contributed by atoms with E-state index in [0.717, 1.165) is 22.4 Å². The lowest BCUT2D eigenvalue weighted by atomic mass is 10.1. The number of H-pyrrole nitrogens is 1. The molecule has 0 aliphatic carbocycles. The van der Waals surface area contributed by atoms with Gasteiger partial charge < -0.3 is 9.51 Å². The predicted molar refractivity (Wildman–Crippen MR) is 85.7 cm³/mol. The average molecular weight is 334 g/mol. The fourth-order valence-corrected chi connectivity index (χ4v) is 3.96. The maximum absolute atomic E-state index is 12.3. The zero-order valence-electron chi connectivity index (χ0n) is 13.2. The van der Waals surface area contributed by atoms with E-state index < -0.39 is 10.0 Å². The van der Waals surface area contributed by atoms with Gasteiger partial charge in [0.1, 0.15) is 16.4 Å². The molecule has 2 aromatic heterocycles. The Bertz CT molecular complexity index is 937. The molecule has 0 aliphatic rings. The lowest BCUT2D eigenvalue weighted by Crippen LogP contribution is -2.26. The molecule has 0 radical (unpaired) electrons. The van der Waals surface area contributed by atoms with E-state index in [1.165, 1.54) is 0 Å². The maximum atomic E-state index is 12.3. The summed E-state index contributed by atoms with van der Waals surface area (Å²) in [5, 5.41) is 3.68. The van der Waals surface area contributed by atoms with Gasteiger partial charge in [-0.05, 0) is 44.9 Å². The molecule has 0 saturated carbocycles. The molecular weight excluding hydrogens is 316 g/mol. The van der Waals surface area contributed by atoms with Crippen molar-refractivity contribution < 1.29 is 12.9 Å². The van der Waals surface area contributed by atoms with Crippen molar-refractivity contribution in [2.45, 2.75) is 32.1 Å². The summed E-state index contributed by atoms with van der Waals surface area (Å²) in [6.07, 6.45) is 0.580. The van der Waals surface area contributed by atoms with Crippen molar-refractivity contribution in [3.8, 4) is 0 Å². The second kappa shape index (κ2) is 5.78. The molecule has 0 spiro atoms. The van der Waals surface area contributed by atoms with E-state index in [1.807, 2.05) is 25.1 Å². The number of aryl methyl sites for hydroxylation is 3. The van der Waals surface area contributed by atoms with Crippen LogP contribution in [0.4, 0.5) is 0 Å². The summed E-state index contributed by atoms with van der Waals surface area (Å²) in [7, 11) is -3.61. The third-order valence-corrected chi connectivity index (χ3v) is 5.31. The third kappa shape index (κ3) is 3.13. The van der Waals surface area contributed by atoms with Gasteiger partial charge in [-0.15, -0.1) is 0 Å². The molecule has 8 heteroatoms. The lowest BCUT2D eigenvalue weighted by molar-refractivity contribution is 0.390. The average Bonchev–Trinajstić information content (AvgIpc) is 3.00. The summed E-state index contributed by atoms with van der Waals surface area (Å²) in [5.41, 5.74) is 3.25. The number of imidazole rings is 1. The lowest BCUT2D eigenvalue weighted by Gasteiger charge is -2.06. The van der Waals surface area contributed by atoms with Crippen LogP contribution in [0.5, 0.6) is 0 Å². The monoisotopic (exact) mass is 334 g/mol. The van der Waals surface area contributed by atoms with E-state index >= 15 is 0 Å². The Morgan fingerprint density at radius 3 is 2.74 bits per heavy atom. The van der Waals surface area contributed by atoms with Gasteiger partial charge in [-0.3, -0.25) is 0 Å². The van der Waals surface area contributed by atoms with Gasteiger partial charge in [0.25, 0.3) is 0 Å². The van der Waals surface area contributed by atoms with Crippen LogP contribution in [-0.2, 0) is 16.4 Å². The molecule has 0 atom stereocenters. The van der Waals surface area contributed by atoms with Crippen molar-refractivity contribution >= 4 is 21.1 Å². The highest BCUT2D eigenvalue weighted by atomic mass is 32.2. The smallest absolute Gasteiger partial charge is 0.245 e. The second-order valence-electron chi connectivity index (χ2n) is 5.47. The van der Waals surface area contributed by atoms with Crippen molar-refractivity contribution in [1.82, 2.24) is 19.8 Å². The summed E-state index contributed by atoms with van der Waals surface area (Å²) in [5.74, 6) is 1.15. The zero-order chi connectivity index (χ0) is 16.6. The Labute approximate surface area is 134 Å². The first-order valence-electron chi connectivity index (χ1n) is 7.24. The van der Waals surface area contributed by atoms with E-state index in [-0.39, 0.29) is 4.90 Å². The van der Waals surface area contributed by atoms with Gasteiger partial charge in [0.05, 0.1) is 11.0 Å². The zero-order valence-corrected chi connectivity index (χ0v) is 14.0. The minimum absolute atomic E-state index is 0.122. The molecular formula is C15H18N4O3S. The van der Waals surface area contributed by atoms with Gasteiger partial charge in [0.15, 0.2) is 5.76 Å². The molecule has 2 N–H and O–H groups in total. The molecule has 2 heterocycles. The first-order chi connectivity index (χ1) is 10.9. The highest BCUT2D eigenvalue weighted by Gasteiger charge is 2.23. The van der Waals surface area contributed by atoms with Crippen molar-refractivity contribution in [1.29, 1.82) is 0 Å². The predicted octanol–water partition coefficient (Wildman–Crippen LogP) is 2.00. The van der Waals surface area contributed by atoms with Crippen LogP contribution in [0.2, 0.25) is 0 Å². The van der Waals surface area contributed by atoms with Crippen molar-refractivity contribution in [3.63, 3.8) is 0 Å². The molecule has 3 rings (SSSR count). The van der Waals surface area contributed by atoms with Crippen molar-refractivity contribution in [2.24, 2.45) is 0 Å². The van der Waals surface area contributed by atoms with Crippen LogP contribution >= 0.6 is 0 Å². The Morgan fingerprint density at radius 1 is 1.26 bits per heavy atom. The van der Waals surface area contributed by atoms with Crippen LogP contribution in [0.1, 0.15) is 22.8 Å². The number of nitrogens with zero attached hydrogens (tertiary/aromatic N) is 2. The molecule has 0 fully saturated rings. The van der Waals surface area contributed by atoms with E-state index in [9.17, 15) is 8.42 Å². The Hall–Kier alpha value is -2.19. The van der Waals surface area contributed by atoms with Crippen molar-refractivity contribution in [3.05, 3.63) is 41.0 Å². The first kappa shape index (κ1) is 15.7. The Morgan fingerprint density at radius 2 is 2.04 bits per heavy atom. The van der Waals surface area contributed by atoms with Crippen LogP contribution in [-0.4, -0.2) is 30.1 Å². The second-order valence-corrected chi connectivity index (χ2v) is 7.18. The molecule has 0 amide bonds. The van der Waals surface area contributed by atoms with Gasteiger partial charge in [0.2, 0.25) is 10.0 Å². The molecule has 0 unspecified atom stereocenters. The summed E-state index contributed by atoms with van der Waals surface area (Å²) in [6, 6.07) is 5.86. The van der Waals surface area contributed by atoms with E-state index in [4.69, 9.17) is 4.52 Å². The molecule has 0 aliphatic heterocycles. The summed E-state index contributed by atoms with van der Waals surface area (Å²) >= 11 is 0. The number of rotatable bonds is 5. The Kier molecular flexibility index (Phi) is 3.95. The minimum atomic E-state index is -3.61.